The molecule has 0 spiro atoms. The van der Waals surface area contributed by atoms with Gasteiger partial charge in [0.25, 0.3) is 0 Å². The molecule has 2 aromatic carbocycles. The number of carboxylic acids is 1. The quantitative estimate of drug-likeness (QED) is 0.792. The van der Waals surface area contributed by atoms with Gasteiger partial charge in [0.05, 0.1) is 18.8 Å². The first-order chi connectivity index (χ1) is 14.0. The molecule has 1 unspecified atom stereocenters. The van der Waals surface area contributed by atoms with Crippen LogP contribution in [0.25, 0.3) is 0 Å². The molecule has 1 saturated heterocycles. The topological polar surface area (TPSA) is 76.1 Å². The Morgan fingerprint density at radius 1 is 1.10 bits per heavy atom. The van der Waals surface area contributed by atoms with Crippen LogP contribution in [0.4, 0.5) is 5.69 Å². The highest BCUT2D eigenvalue weighted by Gasteiger charge is 2.32. The summed E-state index contributed by atoms with van der Waals surface area (Å²) in [7, 11) is 1.63. The maximum atomic E-state index is 12.6. The zero-order valence-corrected chi connectivity index (χ0v) is 16.5. The van der Waals surface area contributed by atoms with Crippen molar-refractivity contribution in [1.82, 2.24) is 0 Å². The largest absolute Gasteiger partial charge is 0.493 e. The Hall–Kier alpha value is -3.02. The molecule has 0 radical (unpaired) electrons. The first-order valence-electron chi connectivity index (χ1n) is 10.0. The van der Waals surface area contributed by atoms with E-state index < -0.39 is 5.97 Å². The number of anilines is 1. The van der Waals surface area contributed by atoms with E-state index in [1.54, 1.807) is 30.2 Å². The summed E-state index contributed by atoms with van der Waals surface area (Å²) < 4.78 is 11.7. The summed E-state index contributed by atoms with van der Waals surface area (Å²) in [5.41, 5.74) is 1.83. The summed E-state index contributed by atoms with van der Waals surface area (Å²) in [5, 5.41) is 9.22. The smallest absolute Gasteiger partial charge is 0.335 e. The number of hydrogen-bond donors (Lipinski definition) is 1. The Morgan fingerprint density at radius 2 is 1.90 bits per heavy atom. The standard InChI is InChI=1S/C23H25NO5/c1-28-20-10-9-15(12-21(20)29-19-7-2-3-8-19)17-13-22(25)24(14-17)18-6-4-5-16(11-18)23(26)27/h4-6,9-12,17,19H,2-3,7-8,13-14H2,1H3,(H,26,27). The van der Waals surface area contributed by atoms with Crippen LogP contribution in [0.3, 0.4) is 0 Å². The fraction of sp³-hybridized carbons (Fsp3) is 0.391. The summed E-state index contributed by atoms with van der Waals surface area (Å²) in [6, 6.07) is 12.4. The molecule has 2 fully saturated rings. The minimum Gasteiger partial charge on any atom is -0.493 e. The van der Waals surface area contributed by atoms with E-state index in [2.05, 4.69) is 0 Å². The molecule has 2 aliphatic rings. The molecule has 1 heterocycles. The van der Waals surface area contributed by atoms with Crippen molar-refractivity contribution < 1.29 is 24.2 Å². The number of carbonyl (C=O) groups excluding carboxylic acids is 1. The van der Waals surface area contributed by atoms with E-state index in [9.17, 15) is 14.7 Å². The number of carbonyl (C=O) groups is 2. The lowest BCUT2D eigenvalue weighted by Crippen LogP contribution is -2.24. The molecular weight excluding hydrogens is 370 g/mol. The molecule has 1 saturated carbocycles. The van der Waals surface area contributed by atoms with E-state index in [1.807, 2.05) is 18.2 Å². The molecule has 0 bridgehead atoms. The summed E-state index contributed by atoms with van der Waals surface area (Å²) >= 11 is 0. The van der Waals surface area contributed by atoms with Crippen LogP contribution in [0.2, 0.25) is 0 Å². The third kappa shape index (κ3) is 4.06. The van der Waals surface area contributed by atoms with Gasteiger partial charge in [-0.1, -0.05) is 12.1 Å². The van der Waals surface area contributed by atoms with Gasteiger partial charge >= 0.3 is 5.97 Å². The first kappa shape index (κ1) is 19.3. The highest BCUT2D eigenvalue weighted by Crippen LogP contribution is 2.38. The van der Waals surface area contributed by atoms with Crippen molar-refractivity contribution >= 4 is 17.6 Å². The van der Waals surface area contributed by atoms with Crippen molar-refractivity contribution in [2.75, 3.05) is 18.6 Å². The SMILES string of the molecule is COc1ccc(C2CC(=O)N(c3cccc(C(=O)O)c3)C2)cc1OC1CCCC1. The van der Waals surface area contributed by atoms with Gasteiger partial charge in [-0.15, -0.1) is 0 Å². The van der Waals surface area contributed by atoms with E-state index in [-0.39, 0.29) is 23.5 Å². The summed E-state index contributed by atoms with van der Waals surface area (Å²) in [6.07, 6.45) is 5.10. The molecular formula is C23H25NO5. The van der Waals surface area contributed by atoms with Crippen molar-refractivity contribution in [3.63, 3.8) is 0 Å². The lowest BCUT2D eigenvalue weighted by Gasteiger charge is -2.19. The zero-order chi connectivity index (χ0) is 20.4. The number of aromatic carboxylic acids is 1. The van der Waals surface area contributed by atoms with Crippen LogP contribution in [0.15, 0.2) is 42.5 Å². The maximum absolute atomic E-state index is 12.6. The third-order valence-corrected chi connectivity index (χ3v) is 5.78. The Bertz CT molecular complexity index is 919. The van der Waals surface area contributed by atoms with Gasteiger partial charge in [-0.3, -0.25) is 4.79 Å². The zero-order valence-electron chi connectivity index (χ0n) is 16.5. The monoisotopic (exact) mass is 395 g/mol. The minimum absolute atomic E-state index is 0.00776. The van der Waals surface area contributed by atoms with Crippen molar-refractivity contribution in [1.29, 1.82) is 0 Å². The number of carboxylic acid groups (broad SMARTS) is 1. The molecule has 2 aromatic rings. The van der Waals surface area contributed by atoms with Crippen LogP contribution < -0.4 is 14.4 Å². The first-order valence-corrected chi connectivity index (χ1v) is 10.0. The maximum Gasteiger partial charge on any atom is 0.335 e. The molecule has 152 valence electrons. The molecule has 1 atom stereocenters. The molecule has 1 aliphatic carbocycles. The Morgan fingerprint density at radius 3 is 2.62 bits per heavy atom. The average Bonchev–Trinajstić information content (AvgIpc) is 3.37. The van der Waals surface area contributed by atoms with Crippen LogP contribution >= 0.6 is 0 Å². The van der Waals surface area contributed by atoms with Gasteiger partial charge in [-0.05, 0) is 61.6 Å². The van der Waals surface area contributed by atoms with Gasteiger partial charge in [0.1, 0.15) is 0 Å². The van der Waals surface area contributed by atoms with E-state index in [1.165, 1.54) is 18.9 Å². The number of rotatable bonds is 6. The number of methoxy groups -OCH3 is 1. The molecule has 4 rings (SSSR count). The van der Waals surface area contributed by atoms with Gasteiger partial charge in [0.15, 0.2) is 11.5 Å². The molecule has 6 nitrogen and oxygen atoms in total. The molecule has 1 N–H and O–H groups in total. The lowest BCUT2D eigenvalue weighted by molar-refractivity contribution is -0.117. The molecule has 6 heteroatoms. The second kappa shape index (κ2) is 8.15. The van der Waals surface area contributed by atoms with Crippen LogP contribution in [-0.4, -0.2) is 36.7 Å². The predicted octanol–water partition coefficient (Wildman–Crippen LogP) is 4.24. The van der Waals surface area contributed by atoms with E-state index >= 15 is 0 Å². The normalized spacial score (nSPS) is 19.6. The Kier molecular flexibility index (Phi) is 5.43. The Labute approximate surface area is 170 Å². The minimum atomic E-state index is -1.00. The van der Waals surface area contributed by atoms with Gasteiger partial charge in [-0.2, -0.15) is 0 Å². The van der Waals surface area contributed by atoms with Crippen LogP contribution in [-0.2, 0) is 4.79 Å². The van der Waals surface area contributed by atoms with Crippen molar-refractivity contribution in [2.24, 2.45) is 0 Å². The van der Waals surface area contributed by atoms with Gasteiger partial charge in [0.2, 0.25) is 5.91 Å². The van der Waals surface area contributed by atoms with Gasteiger partial charge < -0.3 is 19.5 Å². The number of nitrogens with zero attached hydrogens (tertiary/aromatic N) is 1. The third-order valence-electron chi connectivity index (χ3n) is 5.78. The molecule has 1 aliphatic heterocycles. The summed E-state index contributed by atoms with van der Waals surface area (Å²) in [4.78, 5) is 25.6. The van der Waals surface area contributed by atoms with Crippen molar-refractivity contribution in [3.8, 4) is 11.5 Å². The van der Waals surface area contributed by atoms with E-state index in [0.717, 1.165) is 24.2 Å². The molecule has 1 amide bonds. The number of hydrogen-bond acceptors (Lipinski definition) is 4. The number of ether oxygens (including phenoxy) is 2. The van der Waals surface area contributed by atoms with Crippen molar-refractivity contribution in [2.45, 2.75) is 44.1 Å². The number of benzene rings is 2. The summed E-state index contributed by atoms with van der Waals surface area (Å²) in [6.45, 7) is 0.511. The second-order valence-electron chi connectivity index (χ2n) is 7.70. The Balaban J connectivity index is 1.55. The second-order valence-corrected chi connectivity index (χ2v) is 7.70. The van der Waals surface area contributed by atoms with Gasteiger partial charge in [-0.25, -0.2) is 4.79 Å². The molecule has 29 heavy (non-hydrogen) atoms. The summed E-state index contributed by atoms with van der Waals surface area (Å²) in [5.74, 6) is 0.449. The predicted molar refractivity (Wildman–Crippen MR) is 109 cm³/mol. The van der Waals surface area contributed by atoms with Crippen molar-refractivity contribution in [3.05, 3.63) is 53.6 Å². The van der Waals surface area contributed by atoms with E-state index in [4.69, 9.17) is 9.47 Å². The molecule has 0 aromatic heterocycles. The number of amides is 1. The van der Waals surface area contributed by atoms with Crippen LogP contribution in [0.1, 0.15) is 53.9 Å². The highest BCUT2D eigenvalue weighted by atomic mass is 16.5. The average molecular weight is 395 g/mol. The van der Waals surface area contributed by atoms with Crippen LogP contribution in [0, 0.1) is 0 Å². The fourth-order valence-electron chi connectivity index (χ4n) is 4.21. The lowest BCUT2D eigenvalue weighted by atomic mass is 9.98. The van der Waals surface area contributed by atoms with Gasteiger partial charge in [0, 0.05) is 24.6 Å². The van der Waals surface area contributed by atoms with Crippen LogP contribution in [0.5, 0.6) is 11.5 Å². The van der Waals surface area contributed by atoms with E-state index in [0.29, 0.717) is 24.4 Å². The fourth-order valence-corrected chi connectivity index (χ4v) is 4.21. The highest BCUT2D eigenvalue weighted by molar-refractivity contribution is 5.98.